The third-order valence-corrected chi connectivity index (χ3v) is 6.42. The summed E-state index contributed by atoms with van der Waals surface area (Å²) >= 11 is 0. The minimum atomic E-state index is -3.19. The van der Waals surface area contributed by atoms with Gasteiger partial charge in [0.05, 0.1) is 25.7 Å². The number of benzene rings is 1. The van der Waals surface area contributed by atoms with Crippen molar-refractivity contribution in [2.75, 3.05) is 38.4 Å². The molecule has 1 aromatic carbocycles. The molecule has 0 saturated carbocycles. The number of hydrogen-bond acceptors (Lipinski definition) is 5. The summed E-state index contributed by atoms with van der Waals surface area (Å²) in [7, 11) is -0.0999. The van der Waals surface area contributed by atoms with Gasteiger partial charge in [-0.25, -0.2) is 12.7 Å². The molecule has 7 nitrogen and oxygen atoms in total. The number of amides is 1. The summed E-state index contributed by atoms with van der Waals surface area (Å²) in [6.07, 6.45) is 1.64. The first-order chi connectivity index (χ1) is 11.9. The maximum atomic E-state index is 12.5. The molecule has 1 N–H and O–H groups in total. The van der Waals surface area contributed by atoms with E-state index in [1.165, 1.54) is 11.4 Å². The maximum absolute atomic E-state index is 12.5. The van der Waals surface area contributed by atoms with Crippen molar-refractivity contribution in [1.82, 2.24) is 4.31 Å². The van der Waals surface area contributed by atoms with Crippen LogP contribution >= 0.6 is 0 Å². The quantitative estimate of drug-likeness (QED) is 0.794. The van der Waals surface area contributed by atoms with Gasteiger partial charge in [-0.2, -0.15) is 0 Å². The fraction of sp³-hybridized carbons (Fsp3) is 0.588. The summed E-state index contributed by atoms with van der Waals surface area (Å²) < 4.78 is 36.1. The number of nitrogens with one attached hydrogen (secondary N) is 1. The smallest absolute Gasteiger partial charge is 0.227 e. The Kier molecular flexibility index (Phi) is 6.66. The van der Waals surface area contributed by atoms with Gasteiger partial charge in [-0.1, -0.05) is 6.92 Å². The lowest BCUT2D eigenvalue weighted by Crippen LogP contribution is -2.42. The molecule has 0 unspecified atom stereocenters. The van der Waals surface area contributed by atoms with Crippen molar-refractivity contribution in [3.8, 4) is 11.5 Å². The molecule has 0 radical (unpaired) electrons. The molecule has 2 rings (SSSR count). The zero-order valence-corrected chi connectivity index (χ0v) is 15.8. The van der Waals surface area contributed by atoms with E-state index >= 15 is 0 Å². The average molecular weight is 370 g/mol. The highest BCUT2D eigenvalue weighted by Crippen LogP contribution is 2.30. The third-order valence-electron chi connectivity index (χ3n) is 4.35. The first-order valence-corrected chi connectivity index (χ1v) is 10.0. The van der Waals surface area contributed by atoms with Crippen LogP contribution in [-0.4, -0.2) is 51.7 Å². The van der Waals surface area contributed by atoms with E-state index in [9.17, 15) is 13.2 Å². The topological polar surface area (TPSA) is 84.9 Å². The Labute approximate surface area is 149 Å². The molecule has 0 bridgehead atoms. The summed E-state index contributed by atoms with van der Waals surface area (Å²) in [5, 5.41) is 2.87. The highest BCUT2D eigenvalue weighted by Gasteiger charge is 2.30. The van der Waals surface area contributed by atoms with Crippen molar-refractivity contribution in [3.05, 3.63) is 18.2 Å². The van der Waals surface area contributed by atoms with Crippen molar-refractivity contribution in [2.24, 2.45) is 5.92 Å². The van der Waals surface area contributed by atoms with Gasteiger partial charge >= 0.3 is 0 Å². The van der Waals surface area contributed by atoms with E-state index in [1.807, 2.05) is 6.92 Å². The number of hydrogen-bond donors (Lipinski definition) is 1. The summed E-state index contributed by atoms with van der Waals surface area (Å²) in [6.45, 7) is 2.63. The number of piperidine rings is 1. The number of anilines is 1. The van der Waals surface area contributed by atoms with Crippen LogP contribution in [0.4, 0.5) is 5.69 Å². The lowest BCUT2D eigenvalue weighted by Gasteiger charge is -2.30. The van der Waals surface area contributed by atoms with Gasteiger partial charge in [0.2, 0.25) is 15.9 Å². The van der Waals surface area contributed by atoms with E-state index in [0.717, 1.165) is 0 Å². The van der Waals surface area contributed by atoms with Crippen LogP contribution in [-0.2, 0) is 14.8 Å². The van der Waals surface area contributed by atoms with Crippen LogP contribution in [0.25, 0.3) is 0 Å². The molecule has 1 aromatic rings. The van der Waals surface area contributed by atoms with Crippen LogP contribution < -0.4 is 14.8 Å². The SMILES string of the molecule is CCCS(=O)(=O)N1CCC(C(=O)Nc2ccc(OC)cc2OC)CC1. The molecular weight excluding hydrogens is 344 g/mol. The third kappa shape index (κ3) is 4.85. The lowest BCUT2D eigenvalue weighted by molar-refractivity contribution is -0.120. The van der Waals surface area contributed by atoms with Crippen LogP contribution in [0.15, 0.2) is 18.2 Å². The Morgan fingerprint density at radius 2 is 1.92 bits per heavy atom. The number of methoxy groups -OCH3 is 2. The number of rotatable bonds is 7. The van der Waals surface area contributed by atoms with E-state index in [1.54, 1.807) is 25.3 Å². The summed E-state index contributed by atoms with van der Waals surface area (Å²) in [4.78, 5) is 12.5. The first kappa shape index (κ1) is 19.5. The van der Waals surface area contributed by atoms with Gasteiger partial charge in [-0.3, -0.25) is 4.79 Å². The van der Waals surface area contributed by atoms with Crippen LogP contribution in [0.2, 0.25) is 0 Å². The molecule has 1 aliphatic rings. The highest BCUT2D eigenvalue weighted by molar-refractivity contribution is 7.89. The van der Waals surface area contributed by atoms with E-state index < -0.39 is 10.0 Å². The molecular formula is C17H26N2O5S. The predicted octanol–water partition coefficient (Wildman–Crippen LogP) is 2.09. The molecule has 1 fully saturated rings. The minimum Gasteiger partial charge on any atom is -0.497 e. The summed E-state index contributed by atoms with van der Waals surface area (Å²) in [5.74, 6) is 1.00. The van der Waals surface area contributed by atoms with E-state index in [2.05, 4.69) is 5.32 Å². The normalized spacial score (nSPS) is 16.4. The second-order valence-corrected chi connectivity index (χ2v) is 8.13. The van der Waals surface area contributed by atoms with Crippen molar-refractivity contribution < 1.29 is 22.7 Å². The van der Waals surface area contributed by atoms with Crippen LogP contribution in [0, 0.1) is 5.92 Å². The highest BCUT2D eigenvalue weighted by atomic mass is 32.2. The Morgan fingerprint density at radius 3 is 2.48 bits per heavy atom. The monoisotopic (exact) mass is 370 g/mol. The number of ether oxygens (including phenoxy) is 2. The van der Waals surface area contributed by atoms with Crippen LogP contribution in [0.5, 0.6) is 11.5 Å². The van der Waals surface area contributed by atoms with Gasteiger partial charge in [-0.05, 0) is 31.4 Å². The maximum Gasteiger partial charge on any atom is 0.227 e. The van der Waals surface area contributed by atoms with Gasteiger partial charge in [0.25, 0.3) is 0 Å². The summed E-state index contributed by atoms with van der Waals surface area (Å²) in [5.41, 5.74) is 0.578. The molecule has 1 heterocycles. The van der Waals surface area contributed by atoms with Gasteiger partial charge in [-0.15, -0.1) is 0 Å². The largest absolute Gasteiger partial charge is 0.497 e. The fourth-order valence-corrected chi connectivity index (χ4v) is 4.46. The van der Waals surface area contributed by atoms with Crippen LogP contribution in [0.3, 0.4) is 0 Å². The minimum absolute atomic E-state index is 0.115. The number of nitrogens with zero attached hydrogens (tertiary/aromatic N) is 1. The standard InChI is InChI=1S/C17H26N2O5S/c1-4-11-25(21,22)19-9-7-13(8-10-19)17(20)18-15-6-5-14(23-2)12-16(15)24-3/h5-6,12-13H,4,7-11H2,1-3H3,(H,18,20). The van der Waals surface area contributed by atoms with Crippen molar-refractivity contribution in [2.45, 2.75) is 26.2 Å². The first-order valence-electron chi connectivity index (χ1n) is 8.42. The molecule has 8 heteroatoms. The van der Waals surface area contributed by atoms with Crippen LogP contribution in [0.1, 0.15) is 26.2 Å². The number of carbonyl (C=O) groups excluding carboxylic acids is 1. The molecule has 1 saturated heterocycles. The molecule has 1 amide bonds. The van der Waals surface area contributed by atoms with Crippen molar-refractivity contribution >= 4 is 21.6 Å². The van der Waals surface area contributed by atoms with E-state index in [4.69, 9.17) is 9.47 Å². The van der Waals surface area contributed by atoms with E-state index in [-0.39, 0.29) is 17.6 Å². The van der Waals surface area contributed by atoms with E-state index in [0.29, 0.717) is 49.5 Å². The average Bonchev–Trinajstić information content (AvgIpc) is 2.62. The zero-order chi connectivity index (χ0) is 18.4. The molecule has 25 heavy (non-hydrogen) atoms. The van der Waals surface area contributed by atoms with Gasteiger partial charge in [0.1, 0.15) is 11.5 Å². The van der Waals surface area contributed by atoms with Gasteiger partial charge in [0, 0.05) is 25.1 Å². The van der Waals surface area contributed by atoms with Crippen molar-refractivity contribution in [1.29, 1.82) is 0 Å². The Bertz CT molecular complexity index is 697. The zero-order valence-electron chi connectivity index (χ0n) is 14.9. The molecule has 1 aliphatic heterocycles. The Balaban J connectivity index is 1.97. The van der Waals surface area contributed by atoms with Crippen molar-refractivity contribution in [3.63, 3.8) is 0 Å². The molecule has 0 spiro atoms. The molecule has 0 aliphatic carbocycles. The number of carbonyl (C=O) groups is 1. The summed E-state index contributed by atoms with van der Waals surface area (Å²) in [6, 6.07) is 5.18. The molecule has 140 valence electrons. The number of sulfonamides is 1. The lowest BCUT2D eigenvalue weighted by atomic mass is 9.97. The second kappa shape index (κ2) is 8.53. The van der Waals surface area contributed by atoms with Gasteiger partial charge in [0.15, 0.2) is 0 Å². The Hall–Kier alpha value is -1.80. The molecule has 0 aromatic heterocycles. The Morgan fingerprint density at radius 1 is 1.24 bits per heavy atom. The second-order valence-electron chi connectivity index (χ2n) is 6.04. The molecule has 0 atom stereocenters. The van der Waals surface area contributed by atoms with Gasteiger partial charge < -0.3 is 14.8 Å². The fourth-order valence-electron chi connectivity index (χ4n) is 2.92. The predicted molar refractivity (Wildman–Crippen MR) is 96.6 cm³/mol.